The van der Waals surface area contributed by atoms with Gasteiger partial charge in [-0.1, -0.05) is 48.5 Å². The number of hydrogen-bond acceptors (Lipinski definition) is 3. The lowest BCUT2D eigenvalue weighted by atomic mass is 10.1. The third-order valence-electron chi connectivity index (χ3n) is 3.63. The van der Waals surface area contributed by atoms with Crippen LogP contribution in [0, 0.1) is 0 Å². The highest BCUT2D eigenvalue weighted by Crippen LogP contribution is 2.12. The van der Waals surface area contributed by atoms with Crippen LogP contribution in [0.2, 0.25) is 0 Å². The molecular formula is C19H19N3O2. The van der Waals surface area contributed by atoms with Gasteiger partial charge in [-0.25, -0.2) is 4.68 Å². The maximum atomic E-state index is 12.3. The summed E-state index contributed by atoms with van der Waals surface area (Å²) < 4.78 is 7.20. The SMILES string of the molecule is CC(NC(=O)c1ccn(COc2ccccc2)n1)c1ccccc1. The first-order valence-electron chi connectivity index (χ1n) is 7.79. The zero-order valence-corrected chi connectivity index (χ0v) is 13.4. The fourth-order valence-electron chi connectivity index (χ4n) is 2.31. The maximum Gasteiger partial charge on any atom is 0.272 e. The van der Waals surface area contributed by atoms with Crippen LogP contribution in [0.15, 0.2) is 72.9 Å². The second-order valence-electron chi connectivity index (χ2n) is 5.43. The van der Waals surface area contributed by atoms with Gasteiger partial charge >= 0.3 is 0 Å². The molecule has 0 aliphatic heterocycles. The van der Waals surface area contributed by atoms with Gasteiger partial charge in [-0.15, -0.1) is 0 Å². The number of para-hydroxylation sites is 1. The summed E-state index contributed by atoms with van der Waals surface area (Å²) in [5.74, 6) is 0.557. The summed E-state index contributed by atoms with van der Waals surface area (Å²) >= 11 is 0. The second kappa shape index (κ2) is 7.46. The van der Waals surface area contributed by atoms with E-state index >= 15 is 0 Å². The fraction of sp³-hybridized carbons (Fsp3) is 0.158. The number of aromatic nitrogens is 2. The number of amides is 1. The highest BCUT2D eigenvalue weighted by Gasteiger charge is 2.13. The minimum Gasteiger partial charge on any atom is -0.471 e. The van der Waals surface area contributed by atoms with Gasteiger partial charge in [0.2, 0.25) is 0 Å². The molecule has 5 nitrogen and oxygen atoms in total. The average molecular weight is 321 g/mol. The summed E-state index contributed by atoms with van der Waals surface area (Å²) in [4.78, 5) is 12.3. The number of nitrogens with one attached hydrogen (secondary N) is 1. The number of carbonyl (C=O) groups excluding carboxylic acids is 1. The second-order valence-corrected chi connectivity index (χ2v) is 5.43. The van der Waals surface area contributed by atoms with E-state index in [-0.39, 0.29) is 18.7 Å². The first-order chi connectivity index (χ1) is 11.7. The quantitative estimate of drug-likeness (QED) is 0.757. The van der Waals surface area contributed by atoms with E-state index in [0.29, 0.717) is 5.69 Å². The summed E-state index contributed by atoms with van der Waals surface area (Å²) in [6.45, 7) is 2.20. The van der Waals surface area contributed by atoms with Crippen LogP contribution in [0.3, 0.4) is 0 Å². The number of hydrogen-bond donors (Lipinski definition) is 1. The van der Waals surface area contributed by atoms with E-state index in [1.165, 1.54) is 0 Å². The Balaban J connectivity index is 1.57. The van der Waals surface area contributed by atoms with Crippen molar-refractivity contribution in [2.45, 2.75) is 19.7 Å². The standard InChI is InChI=1S/C19H19N3O2/c1-15(16-8-4-2-5-9-16)20-19(23)18-12-13-22(21-18)14-24-17-10-6-3-7-11-17/h2-13,15H,14H2,1H3,(H,20,23). The molecule has 0 radical (unpaired) electrons. The minimum atomic E-state index is -0.204. The molecule has 3 rings (SSSR count). The van der Waals surface area contributed by atoms with Crippen molar-refractivity contribution in [1.29, 1.82) is 0 Å². The van der Waals surface area contributed by atoms with E-state index in [9.17, 15) is 4.79 Å². The number of benzene rings is 2. The molecule has 3 aromatic rings. The molecule has 1 aromatic heterocycles. The van der Waals surface area contributed by atoms with Gasteiger partial charge in [0.05, 0.1) is 6.04 Å². The normalized spacial score (nSPS) is 11.7. The molecule has 2 aromatic carbocycles. The van der Waals surface area contributed by atoms with E-state index < -0.39 is 0 Å². The van der Waals surface area contributed by atoms with Crippen LogP contribution >= 0.6 is 0 Å². The molecule has 1 N–H and O–H groups in total. The lowest BCUT2D eigenvalue weighted by molar-refractivity contribution is 0.0932. The van der Waals surface area contributed by atoms with Gasteiger partial charge in [0.1, 0.15) is 11.4 Å². The topological polar surface area (TPSA) is 56.2 Å². The van der Waals surface area contributed by atoms with Gasteiger partial charge in [0.15, 0.2) is 6.73 Å². The van der Waals surface area contributed by atoms with Gasteiger partial charge in [0.25, 0.3) is 5.91 Å². The van der Waals surface area contributed by atoms with Gasteiger partial charge in [-0.3, -0.25) is 4.79 Å². The minimum absolute atomic E-state index is 0.0792. The Morgan fingerprint density at radius 3 is 2.46 bits per heavy atom. The fourth-order valence-corrected chi connectivity index (χ4v) is 2.31. The molecule has 1 unspecified atom stereocenters. The number of nitrogens with zero attached hydrogens (tertiary/aromatic N) is 2. The van der Waals surface area contributed by atoms with E-state index in [0.717, 1.165) is 11.3 Å². The smallest absolute Gasteiger partial charge is 0.272 e. The summed E-state index contributed by atoms with van der Waals surface area (Å²) in [5.41, 5.74) is 1.42. The van der Waals surface area contributed by atoms with Crippen LogP contribution in [0.4, 0.5) is 0 Å². The molecule has 0 aliphatic rings. The predicted molar refractivity (Wildman–Crippen MR) is 91.6 cm³/mol. The highest BCUT2D eigenvalue weighted by atomic mass is 16.5. The zero-order chi connectivity index (χ0) is 16.8. The maximum absolute atomic E-state index is 12.3. The van der Waals surface area contributed by atoms with Crippen molar-refractivity contribution in [2.24, 2.45) is 0 Å². The third kappa shape index (κ3) is 4.01. The van der Waals surface area contributed by atoms with Gasteiger partial charge in [-0.05, 0) is 30.7 Å². The molecule has 0 saturated carbocycles. The van der Waals surface area contributed by atoms with Crippen molar-refractivity contribution >= 4 is 5.91 Å². The van der Waals surface area contributed by atoms with Crippen LogP contribution in [0.5, 0.6) is 5.75 Å². The van der Waals surface area contributed by atoms with Gasteiger partial charge in [0, 0.05) is 6.20 Å². The van der Waals surface area contributed by atoms with E-state index in [1.807, 2.05) is 67.6 Å². The summed E-state index contributed by atoms with van der Waals surface area (Å²) in [7, 11) is 0. The summed E-state index contributed by atoms with van der Waals surface area (Å²) in [5, 5.41) is 7.20. The molecule has 1 atom stereocenters. The molecule has 0 aliphatic carbocycles. The average Bonchev–Trinajstić information content (AvgIpc) is 3.11. The van der Waals surface area contributed by atoms with Gasteiger partial charge in [-0.2, -0.15) is 5.10 Å². The molecule has 0 spiro atoms. The Labute approximate surface area is 140 Å². The van der Waals surface area contributed by atoms with Crippen molar-refractivity contribution < 1.29 is 9.53 Å². The Morgan fingerprint density at radius 2 is 1.75 bits per heavy atom. The molecular weight excluding hydrogens is 302 g/mol. The third-order valence-corrected chi connectivity index (χ3v) is 3.63. The lowest BCUT2D eigenvalue weighted by Crippen LogP contribution is -2.27. The van der Waals surface area contributed by atoms with Crippen LogP contribution in [-0.4, -0.2) is 15.7 Å². The van der Waals surface area contributed by atoms with Crippen molar-refractivity contribution in [3.63, 3.8) is 0 Å². The molecule has 122 valence electrons. The highest BCUT2D eigenvalue weighted by molar-refractivity contribution is 5.92. The molecule has 1 heterocycles. The number of ether oxygens (including phenoxy) is 1. The van der Waals surface area contributed by atoms with Crippen LogP contribution in [-0.2, 0) is 6.73 Å². The Hall–Kier alpha value is -3.08. The predicted octanol–water partition coefficient (Wildman–Crippen LogP) is 3.41. The van der Waals surface area contributed by atoms with Crippen molar-refractivity contribution in [1.82, 2.24) is 15.1 Å². The summed E-state index contributed by atoms with van der Waals surface area (Å²) in [6, 6.07) is 20.9. The largest absolute Gasteiger partial charge is 0.471 e. The molecule has 24 heavy (non-hydrogen) atoms. The first kappa shape index (κ1) is 15.8. The Kier molecular flexibility index (Phi) is 4.91. The molecule has 1 amide bonds. The first-order valence-corrected chi connectivity index (χ1v) is 7.79. The summed E-state index contributed by atoms with van der Waals surface area (Å²) in [6.07, 6.45) is 1.73. The number of rotatable bonds is 6. The van der Waals surface area contributed by atoms with Crippen LogP contribution in [0.1, 0.15) is 29.0 Å². The Morgan fingerprint density at radius 1 is 1.08 bits per heavy atom. The molecule has 0 saturated heterocycles. The van der Waals surface area contributed by atoms with Crippen molar-refractivity contribution in [3.8, 4) is 5.75 Å². The molecule has 5 heteroatoms. The van der Waals surface area contributed by atoms with E-state index in [2.05, 4.69) is 10.4 Å². The van der Waals surface area contributed by atoms with Crippen molar-refractivity contribution in [2.75, 3.05) is 0 Å². The van der Waals surface area contributed by atoms with E-state index in [1.54, 1.807) is 16.9 Å². The monoisotopic (exact) mass is 321 g/mol. The van der Waals surface area contributed by atoms with Crippen LogP contribution < -0.4 is 10.1 Å². The zero-order valence-electron chi connectivity index (χ0n) is 13.4. The molecule has 0 bridgehead atoms. The van der Waals surface area contributed by atoms with Crippen LogP contribution in [0.25, 0.3) is 0 Å². The lowest BCUT2D eigenvalue weighted by Gasteiger charge is -2.13. The van der Waals surface area contributed by atoms with Gasteiger partial charge < -0.3 is 10.1 Å². The molecule has 0 fully saturated rings. The van der Waals surface area contributed by atoms with Crippen molar-refractivity contribution in [3.05, 3.63) is 84.2 Å². The Bertz CT molecular complexity index is 785. The van der Waals surface area contributed by atoms with E-state index in [4.69, 9.17) is 4.74 Å². The number of carbonyl (C=O) groups is 1.